The Kier molecular flexibility index (Phi) is 12.5. The minimum atomic E-state index is -1.12. The molecule has 2 rings (SSSR count). The molecule has 0 aliphatic rings. The molecule has 0 saturated carbocycles. The number of imidazole rings is 1. The number of carbonyl (C=O) groups is 2. The van der Waals surface area contributed by atoms with Crippen molar-refractivity contribution >= 4 is 62.1 Å². The van der Waals surface area contributed by atoms with Crippen LogP contribution in [0, 0.1) is 5.92 Å². The van der Waals surface area contributed by atoms with Crippen molar-refractivity contribution in [3.63, 3.8) is 0 Å². The highest BCUT2D eigenvalue weighted by atomic mass is 35.5. The van der Waals surface area contributed by atoms with Crippen molar-refractivity contribution in [3.8, 4) is 0 Å². The Hall–Kier alpha value is -1.39. The molecule has 0 amide bonds. The highest BCUT2D eigenvalue weighted by Crippen LogP contribution is 2.20. The Bertz CT molecular complexity index is 829. The number of carboxylic acids is 2. The number of benzene rings is 1. The lowest BCUT2D eigenvalue weighted by atomic mass is 10.0. The van der Waals surface area contributed by atoms with E-state index in [1.165, 1.54) is 0 Å². The second kappa shape index (κ2) is 13.1. The molecule has 0 aliphatic carbocycles. The quantitative estimate of drug-likeness (QED) is 0.465. The highest BCUT2D eigenvalue weighted by molar-refractivity contribution is 7.59. The van der Waals surface area contributed by atoms with Gasteiger partial charge in [-0.2, -0.15) is 27.0 Å². The summed E-state index contributed by atoms with van der Waals surface area (Å²) < 4.78 is 1.79. The summed E-state index contributed by atoms with van der Waals surface area (Å²) in [6.07, 6.45) is 3.58. The van der Waals surface area contributed by atoms with Gasteiger partial charge in [-0.1, -0.05) is 37.0 Å². The third-order valence-electron chi connectivity index (χ3n) is 4.19. The largest absolute Gasteiger partial charge is 0.480 e. The lowest BCUT2D eigenvalue weighted by Crippen LogP contribution is -2.49. The van der Waals surface area contributed by atoms with Crippen LogP contribution >= 0.6 is 50.2 Å². The van der Waals surface area contributed by atoms with Crippen LogP contribution < -0.4 is 5.32 Å². The predicted octanol–water partition coefficient (Wildman–Crippen LogP) is 3.55. The molecule has 1 aromatic heterocycles. The maximum Gasteiger partial charge on any atom is 0.321 e. The minimum absolute atomic E-state index is 0. The van der Waals surface area contributed by atoms with Gasteiger partial charge < -0.3 is 14.8 Å². The van der Waals surface area contributed by atoms with E-state index in [0.29, 0.717) is 28.7 Å². The molecular formula is C19H27Cl2N3O4S2. The Morgan fingerprint density at radius 3 is 2.13 bits per heavy atom. The molecule has 11 heteroatoms. The van der Waals surface area contributed by atoms with E-state index in [-0.39, 0.29) is 39.3 Å². The van der Waals surface area contributed by atoms with Gasteiger partial charge in [0.2, 0.25) is 0 Å². The van der Waals surface area contributed by atoms with Gasteiger partial charge >= 0.3 is 11.9 Å². The van der Waals surface area contributed by atoms with Crippen molar-refractivity contribution < 1.29 is 19.8 Å². The summed E-state index contributed by atoms with van der Waals surface area (Å²) in [5.41, 5.74) is 1.50. The van der Waals surface area contributed by atoms with E-state index in [0.717, 1.165) is 5.56 Å². The highest BCUT2D eigenvalue weighted by Gasteiger charge is 2.27. The van der Waals surface area contributed by atoms with Gasteiger partial charge in [-0.3, -0.25) is 14.9 Å². The van der Waals surface area contributed by atoms with Crippen molar-refractivity contribution in [2.75, 3.05) is 0 Å². The van der Waals surface area contributed by atoms with E-state index in [2.05, 4.69) is 10.3 Å². The maximum atomic E-state index is 11.7. The van der Waals surface area contributed by atoms with Gasteiger partial charge in [0.05, 0.1) is 6.33 Å². The van der Waals surface area contributed by atoms with Crippen molar-refractivity contribution in [2.45, 2.75) is 45.3 Å². The number of halogens is 2. The zero-order valence-corrected chi connectivity index (χ0v) is 20.1. The molecule has 0 bridgehead atoms. The first kappa shape index (κ1) is 28.6. The monoisotopic (exact) mass is 495 g/mol. The topological polar surface area (TPSA) is 104 Å². The first-order chi connectivity index (χ1) is 13.2. The van der Waals surface area contributed by atoms with Crippen molar-refractivity contribution in [1.29, 1.82) is 0 Å². The first-order valence-electron chi connectivity index (χ1n) is 8.81. The van der Waals surface area contributed by atoms with Gasteiger partial charge in [0, 0.05) is 34.9 Å². The lowest BCUT2D eigenvalue weighted by Gasteiger charge is -2.22. The van der Waals surface area contributed by atoms with E-state index in [4.69, 9.17) is 23.2 Å². The zero-order valence-electron chi connectivity index (χ0n) is 16.6. The van der Waals surface area contributed by atoms with Crippen LogP contribution in [0.1, 0.15) is 31.5 Å². The van der Waals surface area contributed by atoms with E-state index in [9.17, 15) is 19.8 Å². The molecule has 0 radical (unpaired) electrons. The van der Waals surface area contributed by atoms with Gasteiger partial charge in [0.25, 0.3) is 0 Å². The normalized spacial score (nSPS) is 12.6. The Balaban J connectivity index is 0.00000420. The van der Waals surface area contributed by atoms with Crippen LogP contribution in [0.5, 0.6) is 0 Å². The number of carboxylic acid groups (broad SMARTS) is 2. The standard InChI is InChI=1S/C19H23Cl2N3O4.2H2S/c1-11(2)3-16(18(25)26)23-17(19(27)28)7-15-8-22-10-24(15)9-12-4-13(20)6-14(21)5-12;;/h4-6,8,10-11,16-17,23H,3,7,9H2,1-2H3,(H,25,26)(H,27,28);2*1H2/t16-,17-;;/m0../s1. The minimum Gasteiger partial charge on any atom is -0.480 e. The third-order valence-corrected chi connectivity index (χ3v) is 4.63. The summed E-state index contributed by atoms with van der Waals surface area (Å²) in [4.78, 5) is 27.3. The summed E-state index contributed by atoms with van der Waals surface area (Å²) in [5, 5.41) is 22.7. The number of hydrogen-bond donors (Lipinski definition) is 3. The number of nitrogens with zero attached hydrogens (tertiary/aromatic N) is 2. The predicted molar refractivity (Wildman–Crippen MR) is 128 cm³/mol. The average molecular weight is 496 g/mol. The van der Waals surface area contributed by atoms with Gasteiger partial charge in [-0.15, -0.1) is 0 Å². The summed E-state index contributed by atoms with van der Waals surface area (Å²) in [6.45, 7) is 4.19. The fourth-order valence-corrected chi connectivity index (χ4v) is 3.51. The van der Waals surface area contributed by atoms with E-state index in [1.54, 1.807) is 35.3 Å². The summed E-state index contributed by atoms with van der Waals surface area (Å²) in [6, 6.07) is 3.18. The van der Waals surface area contributed by atoms with Crippen LogP contribution in [-0.2, 0) is 22.6 Å². The molecule has 0 aliphatic heterocycles. The number of nitrogens with one attached hydrogen (secondary N) is 1. The second-order valence-corrected chi connectivity index (χ2v) is 7.95. The number of hydrogen-bond acceptors (Lipinski definition) is 4. The third kappa shape index (κ3) is 8.77. The molecule has 0 saturated heterocycles. The molecule has 30 heavy (non-hydrogen) atoms. The molecule has 2 aromatic rings. The number of rotatable bonds is 10. The Labute approximate surface area is 199 Å². The average Bonchev–Trinajstić information content (AvgIpc) is 2.98. The first-order valence-corrected chi connectivity index (χ1v) is 9.57. The molecular weight excluding hydrogens is 469 g/mol. The summed E-state index contributed by atoms with van der Waals surface area (Å²) in [5.74, 6) is -2.07. The molecule has 7 nitrogen and oxygen atoms in total. The van der Waals surface area contributed by atoms with Crippen molar-refractivity contribution in [3.05, 3.63) is 52.0 Å². The van der Waals surface area contributed by atoms with Crippen molar-refractivity contribution in [2.24, 2.45) is 5.92 Å². The SMILES string of the molecule is CC(C)C[C@H](N[C@@H](Cc1cncn1Cc1cc(Cl)cc(Cl)c1)C(=O)O)C(=O)O.S.S. The zero-order chi connectivity index (χ0) is 20.8. The van der Waals surface area contributed by atoms with E-state index < -0.39 is 24.0 Å². The fraction of sp³-hybridized carbons (Fsp3) is 0.421. The molecule has 168 valence electrons. The molecule has 1 heterocycles. The van der Waals surface area contributed by atoms with Gasteiger partial charge in [-0.25, -0.2) is 4.98 Å². The van der Waals surface area contributed by atoms with Gasteiger partial charge in [-0.05, 0) is 36.1 Å². The van der Waals surface area contributed by atoms with Crippen LogP contribution in [0.2, 0.25) is 10.0 Å². The van der Waals surface area contributed by atoms with E-state index >= 15 is 0 Å². The maximum absolute atomic E-state index is 11.7. The summed E-state index contributed by atoms with van der Waals surface area (Å²) >= 11 is 12.1. The van der Waals surface area contributed by atoms with Crippen molar-refractivity contribution in [1.82, 2.24) is 14.9 Å². The van der Waals surface area contributed by atoms with Crippen LogP contribution in [-0.4, -0.2) is 43.8 Å². The molecule has 3 N–H and O–H groups in total. The number of aliphatic carboxylic acids is 2. The molecule has 0 unspecified atom stereocenters. The Morgan fingerprint density at radius 1 is 1.07 bits per heavy atom. The Morgan fingerprint density at radius 2 is 1.63 bits per heavy atom. The fourth-order valence-electron chi connectivity index (χ4n) is 2.94. The molecule has 0 spiro atoms. The van der Waals surface area contributed by atoms with E-state index in [1.807, 2.05) is 13.8 Å². The van der Waals surface area contributed by atoms with Gasteiger partial charge in [0.15, 0.2) is 0 Å². The second-order valence-electron chi connectivity index (χ2n) is 7.07. The van der Waals surface area contributed by atoms with Crippen LogP contribution in [0.15, 0.2) is 30.7 Å². The lowest BCUT2D eigenvalue weighted by molar-refractivity contribution is -0.142. The molecule has 2 atom stereocenters. The van der Waals surface area contributed by atoms with Crippen LogP contribution in [0.25, 0.3) is 0 Å². The number of aromatic nitrogens is 2. The summed E-state index contributed by atoms with van der Waals surface area (Å²) in [7, 11) is 0. The molecule has 1 aromatic carbocycles. The van der Waals surface area contributed by atoms with Crippen LogP contribution in [0.4, 0.5) is 0 Å². The van der Waals surface area contributed by atoms with Crippen LogP contribution in [0.3, 0.4) is 0 Å². The van der Waals surface area contributed by atoms with Gasteiger partial charge in [0.1, 0.15) is 12.1 Å². The molecule has 0 fully saturated rings. The smallest absolute Gasteiger partial charge is 0.321 e.